The highest BCUT2D eigenvalue weighted by Gasteiger charge is 2.22. The first-order valence-electron chi connectivity index (χ1n) is 6.08. The summed E-state index contributed by atoms with van der Waals surface area (Å²) in [7, 11) is 0. The van der Waals surface area contributed by atoms with Gasteiger partial charge in [-0.3, -0.25) is 0 Å². The maximum atomic E-state index is 13.5. The van der Waals surface area contributed by atoms with Crippen molar-refractivity contribution in [3.05, 3.63) is 29.1 Å². The van der Waals surface area contributed by atoms with Crippen molar-refractivity contribution in [3.63, 3.8) is 0 Å². The molecule has 1 aliphatic rings. The minimum absolute atomic E-state index is 0.0285. The fraction of sp³-hybridized carbons (Fsp3) is 0.538. The van der Waals surface area contributed by atoms with E-state index >= 15 is 0 Å². The molecular formula is C13H15F3O2. The Balaban J connectivity index is 2.25. The van der Waals surface area contributed by atoms with Crippen LogP contribution in [0.3, 0.4) is 0 Å². The lowest BCUT2D eigenvalue weighted by Crippen LogP contribution is -2.25. The van der Waals surface area contributed by atoms with Gasteiger partial charge in [-0.1, -0.05) is 6.92 Å². The minimum Gasteiger partial charge on any atom is -0.464 e. The first kappa shape index (κ1) is 13.2. The van der Waals surface area contributed by atoms with E-state index in [1.165, 1.54) is 0 Å². The number of rotatable bonds is 3. The maximum Gasteiger partial charge on any atom is 0.199 e. The standard InChI is InChI=1S/C13H15F3O2/c1-2-8-10(7-9(14)13(16)12(8)15)18-11-5-3-4-6-17-11/h7,11H,2-6H2,1H3. The second kappa shape index (κ2) is 5.61. The van der Waals surface area contributed by atoms with Crippen molar-refractivity contribution in [1.29, 1.82) is 0 Å². The Bertz CT molecular complexity index is 429. The molecule has 1 aliphatic heterocycles. The first-order valence-corrected chi connectivity index (χ1v) is 6.08. The number of halogens is 3. The Morgan fingerprint density at radius 1 is 1.28 bits per heavy atom. The van der Waals surface area contributed by atoms with Crippen LogP contribution < -0.4 is 4.74 Å². The number of hydrogen-bond acceptors (Lipinski definition) is 2. The molecule has 2 nitrogen and oxygen atoms in total. The molecule has 1 fully saturated rings. The molecule has 0 saturated carbocycles. The second-order valence-corrected chi connectivity index (χ2v) is 4.23. The monoisotopic (exact) mass is 260 g/mol. The zero-order chi connectivity index (χ0) is 13.1. The molecule has 18 heavy (non-hydrogen) atoms. The first-order chi connectivity index (χ1) is 8.63. The number of hydrogen-bond donors (Lipinski definition) is 0. The minimum atomic E-state index is -1.45. The summed E-state index contributed by atoms with van der Waals surface area (Å²) in [6.45, 7) is 2.22. The Hall–Kier alpha value is -1.23. The molecule has 0 aromatic heterocycles. The number of benzene rings is 1. The molecule has 100 valence electrons. The summed E-state index contributed by atoms with van der Waals surface area (Å²) in [6, 6.07) is 0.884. The summed E-state index contributed by atoms with van der Waals surface area (Å²) in [5, 5.41) is 0. The van der Waals surface area contributed by atoms with Crippen molar-refractivity contribution in [2.24, 2.45) is 0 Å². The molecule has 1 aromatic carbocycles. The van der Waals surface area contributed by atoms with Crippen LogP contribution >= 0.6 is 0 Å². The van der Waals surface area contributed by atoms with Gasteiger partial charge in [-0.2, -0.15) is 0 Å². The summed E-state index contributed by atoms with van der Waals surface area (Å²) in [5.74, 6) is -3.84. The molecule has 1 saturated heterocycles. The molecular weight excluding hydrogens is 245 g/mol. The van der Waals surface area contributed by atoms with Crippen LogP contribution in [0.15, 0.2) is 6.07 Å². The average Bonchev–Trinajstić information content (AvgIpc) is 2.38. The largest absolute Gasteiger partial charge is 0.464 e. The summed E-state index contributed by atoms with van der Waals surface area (Å²) >= 11 is 0. The third kappa shape index (κ3) is 2.61. The molecule has 2 rings (SSSR count). The van der Waals surface area contributed by atoms with E-state index in [0.717, 1.165) is 18.9 Å². The molecule has 1 aromatic rings. The molecule has 1 unspecified atom stereocenters. The fourth-order valence-corrected chi connectivity index (χ4v) is 1.99. The Morgan fingerprint density at radius 3 is 2.67 bits per heavy atom. The van der Waals surface area contributed by atoms with Crippen molar-refractivity contribution in [3.8, 4) is 5.75 Å². The van der Waals surface area contributed by atoms with Crippen LogP contribution in [-0.4, -0.2) is 12.9 Å². The normalized spacial score (nSPS) is 19.9. The van der Waals surface area contributed by atoms with Crippen molar-refractivity contribution >= 4 is 0 Å². The molecule has 0 aliphatic carbocycles. The highest BCUT2D eigenvalue weighted by atomic mass is 19.2. The summed E-state index contributed by atoms with van der Waals surface area (Å²) in [4.78, 5) is 0. The van der Waals surface area contributed by atoms with E-state index in [9.17, 15) is 13.2 Å². The van der Waals surface area contributed by atoms with Gasteiger partial charge in [0.1, 0.15) is 5.75 Å². The summed E-state index contributed by atoms with van der Waals surface area (Å²) < 4.78 is 50.6. The van der Waals surface area contributed by atoms with Crippen LogP contribution in [-0.2, 0) is 11.2 Å². The van der Waals surface area contributed by atoms with Gasteiger partial charge in [0, 0.05) is 18.1 Å². The second-order valence-electron chi connectivity index (χ2n) is 4.23. The van der Waals surface area contributed by atoms with Crippen molar-refractivity contribution in [1.82, 2.24) is 0 Å². The van der Waals surface area contributed by atoms with Crippen LogP contribution in [0.4, 0.5) is 13.2 Å². The lowest BCUT2D eigenvalue weighted by Gasteiger charge is -2.24. The van der Waals surface area contributed by atoms with E-state index in [2.05, 4.69) is 0 Å². The SMILES string of the molecule is CCc1c(OC2CCCCO2)cc(F)c(F)c1F. The van der Waals surface area contributed by atoms with Gasteiger partial charge in [-0.25, -0.2) is 13.2 Å². The van der Waals surface area contributed by atoms with E-state index in [1.54, 1.807) is 6.92 Å². The highest BCUT2D eigenvalue weighted by molar-refractivity contribution is 5.36. The molecule has 0 N–H and O–H groups in total. The Morgan fingerprint density at radius 2 is 2.06 bits per heavy atom. The number of ether oxygens (including phenoxy) is 2. The van der Waals surface area contributed by atoms with Gasteiger partial charge in [-0.15, -0.1) is 0 Å². The van der Waals surface area contributed by atoms with E-state index in [-0.39, 0.29) is 17.7 Å². The van der Waals surface area contributed by atoms with E-state index in [0.29, 0.717) is 13.0 Å². The van der Waals surface area contributed by atoms with Gasteiger partial charge in [-0.05, 0) is 19.3 Å². The zero-order valence-corrected chi connectivity index (χ0v) is 10.1. The van der Waals surface area contributed by atoms with Gasteiger partial charge in [0.25, 0.3) is 0 Å². The predicted molar refractivity (Wildman–Crippen MR) is 59.9 cm³/mol. The molecule has 0 bridgehead atoms. The van der Waals surface area contributed by atoms with Crippen molar-refractivity contribution in [2.45, 2.75) is 38.9 Å². The molecule has 1 atom stereocenters. The van der Waals surface area contributed by atoms with Crippen LogP contribution in [0, 0.1) is 17.5 Å². The summed E-state index contributed by atoms with van der Waals surface area (Å²) in [5.41, 5.74) is 0.0445. The van der Waals surface area contributed by atoms with Gasteiger partial charge < -0.3 is 9.47 Å². The smallest absolute Gasteiger partial charge is 0.199 e. The highest BCUT2D eigenvalue weighted by Crippen LogP contribution is 2.29. The van der Waals surface area contributed by atoms with Crippen LogP contribution in [0.2, 0.25) is 0 Å². The quantitative estimate of drug-likeness (QED) is 0.773. The fourth-order valence-electron chi connectivity index (χ4n) is 1.99. The van der Waals surface area contributed by atoms with Crippen LogP contribution in [0.1, 0.15) is 31.7 Å². The third-order valence-electron chi connectivity index (χ3n) is 2.97. The van der Waals surface area contributed by atoms with Gasteiger partial charge in [0.15, 0.2) is 23.7 Å². The Labute approximate surface area is 104 Å². The van der Waals surface area contributed by atoms with Crippen molar-refractivity contribution < 1.29 is 22.6 Å². The van der Waals surface area contributed by atoms with Crippen molar-refractivity contribution in [2.75, 3.05) is 6.61 Å². The maximum absolute atomic E-state index is 13.5. The van der Waals surface area contributed by atoms with Crippen LogP contribution in [0.25, 0.3) is 0 Å². The average molecular weight is 260 g/mol. The van der Waals surface area contributed by atoms with Crippen LogP contribution in [0.5, 0.6) is 5.75 Å². The van der Waals surface area contributed by atoms with Gasteiger partial charge in [0.2, 0.25) is 0 Å². The lowest BCUT2D eigenvalue weighted by molar-refractivity contribution is -0.106. The molecule has 0 amide bonds. The molecule has 0 radical (unpaired) electrons. The molecule has 5 heteroatoms. The predicted octanol–water partition coefficient (Wildman–Crippen LogP) is 3.57. The zero-order valence-electron chi connectivity index (χ0n) is 10.1. The summed E-state index contributed by atoms with van der Waals surface area (Å²) in [6.07, 6.45) is 2.29. The molecule has 1 heterocycles. The van der Waals surface area contributed by atoms with E-state index < -0.39 is 23.7 Å². The van der Waals surface area contributed by atoms with Gasteiger partial charge in [0.05, 0.1) is 6.61 Å². The Kier molecular flexibility index (Phi) is 4.11. The lowest BCUT2D eigenvalue weighted by atomic mass is 10.1. The van der Waals surface area contributed by atoms with E-state index in [4.69, 9.17) is 9.47 Å². The van der Waals surface area contributed by atoms with E-state index in [1.807, 2.05) is 0 Å². The van der Waals surface area contributed by atoms with Gasteiger partial charge >= 0.3 is 0 Å². The third-order valence-corrected chi connectivity index (χ3v) is 2.97. The molecule has 0 spiro atoms. The topological polar surface area (TPSA) is 18.5 Å².